The lowest BCUT2D eigenvalue weighted by atomic mass is 9.94. The summed E-state index contributed by atoms with van der Waals surface area (Å²) in [5.74, 6) is 0.0754. The first-order chi connectivity index (χ1) is 14.6. The standard InChI is InChI=1S/C24H23FO5/c1-3-29-24(27)17-14-20(16-8-10-18(28-2)11-9-16)23(30-13-12-26)21(15-17)19-6-4-5-7-22(19)25/h4-11,14-15,26H,3,12-13H2,1-2H3. The Kier molecular flexibility index (Phi) is 7.03. The average molecular weight is 410 g/mol. The maximum Gasteiger partial charge on any atom is 0.338 e. The summed E-state index contributed by atoms with van der Waals surface area (Å²) in [6.07, 6.45) is 0. The highest BCUT2D eigenvalue weighted by Crippen LogP contribution is 2.41. The van der Waals surface area contributed by atoms with Gasteiger partial charge in [-0.25, -0.2) is 9.18 Å². The van der Waals surface area contributed by atoms with E-state index in [-0.39, 0.29) is 30.9 Å². The first-order valence-corrected chi connectivity index (χ1v) is 9.57. The van der Waals surface area contributed by atoms with Crippen LogP contribution < -0.4 is 9.47 Å². The molecule has 156 valence electrons. The van der Waals surface area contributed by atoms with Gasteiger partial charge in [0, 0.05) is 16.7 Å². The Labute approximate surface area is 174 Å². The van der Waals surface area contributed by atoms with E-state index in [0.29, 0.717) is 22.6 Å². The van der Waals surface area contributed by atoms with Gasteiger partial charge in [0.15, 0.2) is 0 Å². The third kappa shape index (κ3) is 4.60. The second-order valence-corrected chi connectivity index (χ2v) is 6.40. The number of methoxy groups -OCH3 is 1. The second kappa shape index (κ2) is 9.89. The van der Waals surface area contributed by atoms with Crippen LogP contribution in [0.3, 0.4) is 0 Å². The van der Waals surface area contributed by atoms with E-state index < -0.39 is 11.8 Å². The van der Waals surface area contributed by atoms with Crippen LogP contribution in [0, 0.1) is 5.82 Å². The van der Waals surface area contributed by atoms with Gasteiger partial charge in [0.1, 0.15) is 23.9 Å². The van der Waals surface area contributed by atoms with E-state index in [9.17, 15) is 14.3 Å². The summed E-state index contributed by atoms with van der Waals surface area (Å²) in [4.78, 5) is 12.5. The average Bonchev–Trinajstić information content (AvgIpc) is 2.78. The van der Waals surface area contributed by atoms with Crippen molar-refractivity contribution in [3.05, 3.63) is 72.0 Å². The summed E-state index contributed by atoms with van der Waals surface area (Å²) < 4.78 is 30.9. The Morgan fingerprint density at radius 2 is 1.70 bits per heavy atom. The number of carbonyl (C=O) groups is 1. The monoisotopic (exact) mass is 410 g/mol. The van der Waals surface area contributed by atoms with E-state index >= 15 is 0 Å². The normalized spacial score (nSPS) is 10.5. The van der Waals surface area contributed by atoms with Gasteiger partial charge in [0.25, 0.3) is 0 Å². The van der Waals surface area contributed by atoms with Crippen LogP contribution >= 0.6 is 0 Å². The highest BCUT2D eigenvalue weighted by atomic mass is 19.1. The van der Waals surface area contributed by atoms with Crippen molar-refractivity contribution in [2.24, 2.45) is 0 Å². The molecule has 0 aromatic heterocycles. The number of rotatable bonds is 8. The van der Waals surface area contributed by atoms with Crippen molar-refractivity contribution in [2.75, 3.05) is 26.9 Å². The van der Waals surface area contributed by atoms with Gasteiger partial charge in [-0.3, -0.25) is 0 Å². The van der Waals surface area contributed by atoms with Crippen molar-refractivity contribution in [3.63, 3.8) is 0 Å². The van der Waals surface area contributed by atoms with Crippen LogP contribution in [-0.4, -0.2) is 38.0 Å². The fourth-order valence-corrected chi connectivity index (χ4v) is 3.13. The van der Waals surface area contributed by atoms with Crippen LogP contribution in [0.15, 0.2) is 60.7 Å². The zero-order chi connectivity index (χ0) is 21.5. The van der Waals surface area contributed by atoms with E-state index in [1.54, 1.807) is 56.5 Å². The fourth-order valence-electron chi connectivity index (χ4n) is 3.13. The largest absolute Gasteiger partial charge is 0.497 e. The molecule has 0 fully saturated rings. The molecule has 0 spiro atoms. The summed E-state index contributed by atoms with van der Waals surface area (Å²) >= 11 is 0. The molecule has 0 atom stereocenters. The predicted octanol–water partition coefficient (Wildman–Crippen LogP) is 4.72. The Morgan fingerprint density at radius 3 is 2.33 bits per heavy atom. The van der Waals surface area contributed by atoms with Crippen molar-refractivity contribution >= 4 is 5.97 Å². The Hall–Kier alpha value is -3.38. The number of ether oxygens (including phenoxy) is 3. The Balaban J connectivity index is 2.28. The molecule has 5 nitrogen and oxygen atoms in total. The molecular formula is C24H23FO5. The fraction of sp³-hybridized carbons (Fsp3) is 0.208. The molecule has 0 bridgehead atoms. The van der Waals surface area contributed by atoms with E-state index in [0.717, 1.165) is 5.56 Å². The molecule has 0 saturated carbocycles. The molecule has 0 aliphatic rings. The topological polar surface area (TPSA) is 65.0 Å². The molecule has 3 aromatic rings. The van der Waals surface area contributed by atoms with Gasteiger partial charge >= 0.3 is 5.97 Å². The van der Waals surface area contributed by atoms with Crippen LogP contribution in [0.4, 0.5) is 4.39 Å². The Bertz CT molecular complexity index is 1010. The molecule has 3 aromatic carbocycles. The number of aliphatic hydroxyl groups is 1. The molecule has 0 aliphatic heterocycles. The lowest BCUT2D eigenvalue weighted by molar-refractivity contribution is 0.0526. The SMILES string of the molecule is CCOC(=O)c1cc(-c2ccc(OC)cc2)c(OCCO)c(-c2ccccc2F)c1. The third-order valence-electron chi connectivity index (χ3n) is 4.50. The van der Waals surface area contributed by atoms with Crippen LogP contribution in [0.25, 0.3) is 22.3 Å². The van der Waals surface area contributed by atoms with Gasteiger partial charge in [-0.05, 0) is 42.8 Å². The van der Waals surface area contributed by atoms with Crippen molar-refractivity contribution in [3.8, 4) is 33.8 Å². The minimum atomic E-state index is -0.515. The van der Waals surface area contributed by atoms with E-state index in [1.807, 2.05) is 12.1 Å². The first-order valence-electron chi connectivity index (χ1n) is 9.57. The van der Waals surface area contributed by atoms with Crippen molar-refractivity contribution in [1.82, 2.24) is 0 Å². The minimum Gasteiger partial charge on any atom is -0.497 e. The molecule has 0 amide bonds. The van der Waals surface area contributed by atoms with Gasteiger partial charge < -0.3 is 19.3 Å². The summed E-state index contributed by atoms with van der Waals surface area (Å²) in [5.41, 5.74) is 2.28. The number of hydrogen-bond donors (Lipinski definition) is 1. The number of benzene rings is 3. The van der Waals surface area contributed by atoms with Crippen LogP contribution in [-0.2, 0) is 4.74 Å². The predicted molar refractivity (Wildman–Crippen MR) is 112 cm³/mol. The smallest absolute Gasteiger partial charge is 0.338 e. The molecule has 6 heteroatoms. The van der Waals surface area contributed by atoms with Gasteiger partial charge in [-0.15, -0.1) is 0 Å². The number of halogens is 1. The molecule has 1 N–H and O–H groups in total. The van der Waals surface area contributed by atoms with Crippen molar-refractivity contribution in [2.45, 2.75) is 6.92 Å². The molecular weight excluding hydrogens is 387 g/mol. The lowest BCUT2D eigenvalue weighted by Crippen LogP contribution is -2.09. The molecule has 3 rings (SSSR count). The molecule has 0 saturated heterocycles. The quantitative estimate of drug-likeness (QED) is 0.545. The van der Waals surface area contributed by atoms with Crippen LogP contribution in [0.1, 0.15) is 17.3 Å². The van der Waals surface area contributed by atoms with Gasteiger partial charge in [-0.1, -0.05) is 30.3 Å². The van der Waals surface area contributed by atoms with Crippen molar-refractivity contribution in [1.29, 1.82) is 0 Å². The summed E-state index contributed by atoms with van der Waals surface area (Å²) in [6, 6.07) is 16.7. The molecule has 30 heavy (non-hydrogen) atoms. The maximum atomic E-state index is 14.7. The molecule has 0 radical (unpaired) electrons. The number of aliphatic hydroxyl groups excluding tert-OH is 1. The third-order valence-corrected chi connectivity index (χ3v) is 4.50. The minimum absolute atomic E-state index is 0.0172. The van der Waals surface area contributed by atoms with Crippen LogP contribution in [0.5, 0.6) is 11.5 Å². The highest BCUT2D eigenvalue weighted by Gasteiger charge is 2.21. The number of hydrogen-bond acceptors (Lipinski definition) is 5. The molecule has 0 heterocycles. The number of carbonyl (C=O) groups excluding carboxylic acids is 1. The van der Waals surface area contributed by atoms with Gasteiger partial charge in [0.2, 0.25) is 0 Å². The summed E-state index contributed by atoms with van der Waals surface area (Å²) in [5, 5.41) is 9.30. The number of esters is 1. The van der Waals surface area contributed by atoms with Crippen LogP contribution in [0.2, 0.25) is 0 Å². The Morgan fingerprint density at radius 1 is 1.00 bits per heavy atom. The van der Waals surface area contributed by atoms with E-state index in [1.165, 1.54) is 6.07 Å². The van der Waals surface area contributed by atoms with E-state index in [4.69, 9.17) is 14.2 Å². The maximum absolute atomic E-state index is 14.7. The van der Waals surface area contributed by atoms with Gasteiger partial charge in [0.05, 0.1) is 25.9 Å². The molecule has 0 aliphatic carbocycles. The zero-order valence-corrected chi connectivity index (χ0v) is 16.9. The second-order valence-electron chi connectivity index (χ2n) is 6.40. The first kappa shape index (κ1) is 21.3. The highest BCUT2D eigenvalue weighted by molar-refractivity contribution is 5.96. The summed E-state index contributed by atoms with van der Waals surface area (Å²) in [7, 11) is 1.57. The zero-order valence-electron chi connectivity index (χ0n) is 16.9. The lowest BCUT2D eigenvalue weighted by Gasteiger charge is -2.18. The molecule has 0 unspecified atom stereocenters. The van der Waals surface area contributed by atoms with Gasteiger partial charge in [-0.2, -0.15) is 0 Å². The summed E-state index contributed by atoms with van der Waals surface area (Å²) in [6.45, 7) is 1.75. The van der Waals surface area contributed by atoms with Crippen molar-refractivity contribution < 1.29 is 28.5 Å². The van der Waals surface area contributed by atoms with E-state index in [2.05, 4.69) is 0 Å².